The quantitative estimate of drug-likeness (QED) is 0.859. The molecule has 0 saturated carbocycles. The summed E-state index contributed by atoms with van der Waals surface area (Å²) < 4.78 is 10.7. The van der Waals surface area contributed by atoms with Crippen molar-refractivity contribution in [3.05, 3.63) is 29.3 Å². The molecule has 1 fully saturated rings. The second-order valence-corrected chi connectivity index (χ2v) is 4.89. The van der Waals surface area contributed by atoms with Crippen LogP contribution in [0.15, 0.2) is 18.2 Å². The van der Waals surface area contributed by atoms with E-state index in [0.29, 0.717) is 19.8 Å². The lowest BCUT2D eigenvalue weighted by molar-refractivity contribution is -0.0148. The minimum atomic E-state index is -0.449. The predicted molar refractivity (Wildman–Crippen MR) is 70.4 cm³/mol. The van der Waals surface area contributed by atoms with Gasteiger partial charge in [-0.15, -0.1) is 0 Å². The highest BCUT2D eigenvalue weighted by Gasteiger charge is 2.35. The molecule has 2 N–H and O–H groups in total. The van der Waals surface area contributed by atoms with Crippen molar-refractivity contribution >= 4 is 5.91 Å². The molecule has 0 aliphatic carbocycles. The summed E-state index contributed by atoms with van der Waals surface area (Å²) in [6.45, 7) is 3.36. The Morgan fingerprint density at radius 2 is 2.37 bits per heavy atom. The van der Waals surface area contributed by atoms with Gasteiger partial charge >= 0.3 is 0 Å². The summed E-state index contributed by atoms with van der Waals surface area (Å²) in [7, 11) is 1.62. The van der Waals surface area contributed by atoms with Crippen LogP contribution in [0.1, 0.15) is 22.3 Å². The molecule has 0 radical (unpaired) electrons. The fourth-order valence-electron chi connectivity index (χ4n) is 2.13. The maximum atomic E-state index is 12.1. The number of phenols is 1. The number of rotatable bonds is 4. The Labute approximate surface area is 112 Å². The SMILES string of the molecule is COC1(CNC(=O)c2cc(C)ccc2O)CCOC1. The second-order valence-electron chi connectivity index (χ2n) is 4.89. The summed E-state index contributed by atoms with van der Waals surface area (Å²) in [6, 6.07) is 4.94. The molecule has 1 unspecified atom stereocenters. The van der Waals surface area contributed by atoms with Gasteiger partial charge in [-0.2, -0.15) is 0 Å². The number of methoxy groups -OCH3 is 1. The van der Waals surface area contributed by atoms with E-state index in [0.717, 1.165) is 12.0 Å². The van der Waals surface area contributed by atoms with Crippen molar-refractivity contribution in [1.29, 1.82) is 0 Å². The molecular weight excluding hydrogens is 246 g/mol. The van der Waals surface area contributed by atoms with Gasteiger partial charge in [0.2, 0.25) is 0 Å². The van der Waals surface area contributed by atoms with Crippen molar-refractivity contribution in [2.45, 2.75) is 18.9 Å². The van der Waals surface area contributed by atoms with E-state index in [-0.39, 0.29) is 17.2 Å². The highest BCUT2D eigenvalue weighted by Crippen LogP contribution is 2.22. The van der Waals surface area contributed by atoms with E-state index in [9.17, 15) is 9.90 Å². The predicted octanol–water partition coefficient (Wildman–Crippen LogP) is 1.24. The number of aryl methyl sites for hydroxylation is 1. The van der Waals surface area contributed by atoms with Crippen LogP contribution < -0.4 is 5.32 Å². The molecule has 2 rings (SSSR count). The van der Waals surface area contributed by atoms with Crippen molar-refractivity contribution in [2.75, 3.05) is 26.9 Å². The fourth-order valence-corrected chi connectivity index (χ4v) is 2.13. The number of hydrogen-bond acceptors (Lipinski definition) is 4. The third kappa shape index (κ3) is 3.05. The lowest BCUT2D eigenvalue weighted by Gasteiger charge is -2.25. The van der Waals surface area contributed by atoms with Gasteiger partial charge in [-0.25, -0.2) is 0 Å². The minimum Gasteiger partial charge on any atom is -0.507 e. The summed E-state index contributed by atoms with van der Waals surface area (Å²) in [6.07, 6.45) is 0.754. The van der Waals surface area contributed by atoms with Crippen LogP contribution in [0.3, 0.4) is 0 Å². The second kappa shape index (κ2) is 5.59. The van der Waals surface area contributed by atoms with Crippen LogP contribution in [-0.2, 0) is 9.47 Å². The Morgan fingerprint density at radius 1 is 1.58 bits per heavy atom. The van der Waals surface area contributed by atoms with Crippen molar-refractivity contribution in [3.8, 4) is 5.75 Å². The first-order valence-electron chi connectivity index (χ1n) is 6.27. The largest absolute Gasteiger partial charge is 0.507 e. The van der Waals surface area contributed by atoms with Crippen molar-refractivity contribution in [1.82, 2.24) is 5.32 Å². The smallest absolute Gasteiger partial charge is 0.255 e. The third-order valence-electron chi connectivity index (χ3n) is 3.47. The molecule has 19 heavy (non-hydrogen) atoms. The molecular formula is C14H19NO4. The van der Waals surface area contributed by atoms with E-state index in [1.807, 2.05) is 6.92 Å². The number of nitrogens with one attached hydrogen (secondary N) is 1. The van der Waals surface area contributed by atoms with Gasteiger partial charge in [0, 0.05) is 26.7 Å². The van der Waals surface area contributed by atoms with Crippen LogP contribution in [0.2, 0.25) is 0 Å². The van der Waals surface area contributed by atoms with Crippen LogP contribution in [-0.4, -0.2) is 43.5 Å². The first-order chi connectivity index (χ1) is 9.06. The Kier molecular flexibility index (Phi) is 4.07. The number of carbonyl (C=O) groups excluding carboxylic acids is 1. The maximum Gasteiger partial charge on any atom is 0.255 e. The van der Waals surface area contributed by atoms with E-state index < -0.39 is 5.60 Å². The fraction of sp³-hybridized carbons (Fsp3) is 0.500. The van der Waals surface area contributed by atoms with Gasteiger partial charge in [0.1, 0.15) is 11.4 Å². The van der Waals surface area contributed by atoms with Crippen LogP contribution in [0.4, 0.5) is 0 Å². The van der Waals surface area contributed by atoms with Gasteiger partial charge in [0.15, 0.2) is 0 Å². The molecule has 1 amide bonds. The molecule has 104 valence electrons. The first-order valence-corrected chi connectivity index (χ1v) is 6.27. The minimum absolute atomic E-state index is 0.0164. The highest BCUT2D eigenvalue weighted by atomic mass is 16.5. The van der Waals surface area contributed by atoms with Gasteiger partial charge < -0.3 is 19.9 Å². The van der Waals surface area contributed by atoms with Gasteiger partial charge in [-0.05, 0) is 19.1 Å². The van der Waals surface area contributed by atoms with Crippen molar-refractivity contribution < 1.29 is 19.4 Å². The standard InChI is InChI=1S/C14H19NO4/c1-10-3-4-12(16)11(7-10)13(17)15-8-14(18-2)5-6-19-9-14/h3-4,7,16H,5-6,8-9H2,1-2H3,(H,15,17). The van der Waals surface area contributed by atoms with Crippen molar-refractivity contribution in [2.24, 2.45) is 0 Å². The average molecular weight is 265 g/mol. The molecule has 0 bridgehead atoms. The topological polar surface area (TPSA) is 67.8 Å². The number of hydrogen-bond donors (Lipinski definition) is 2. The van der Waals surface area contributed by atoms with Crippen LogP contribution in [0, 0.1) is 6.92 Å². The molecule has 1 aromatic carbocycles. The Hall–Kier alpha value is -1.59. The zero-order chi connectivity index (χ0) is 13.9. The van der Waals surface area contributed by atoms with Crippen LogP contribution in [0.5, 0.6) is 5.75 Å². The lowest BCUT2D eigenvalue weighted by atomic mass is 10.0. The van der Waals surface area contributed by atoms with Crippen LogP contribution >= 0.6 is 0 Å². The molecule has 1 heterocycles. The monoisotopic (exact) mass is 265 g/mol. The molecule has 1 saturated heterocycles. The number of amides is 1. The molecule has 1 aromatic rings. The molecule has 5 heteroatoms. The molecule has 1 aliphatic heterocycles. The van der Waals surface area contributed by atoms with E-state index in [2.05, 4.69) is 5.32 Å². The van der Waals surface area contributed by atoms with Gasteiger partial charge in [-0.1, -0.05) is 11.6 Å². The number of ether oxygens (including phenoxy) is 2. The third-order valence-corrected chi connectivity index (χ3v) is 3.47. The van der Waals surface area contributed by atoms with E-state index in [1.54, 1.807) is 19.2 Å². The average Bonchev–Trinajstić information content (AvgIpc) is 2.88. The Bertz CT molecular complexity index is 467. The van der Waals surface area contributed by atoms with Crippen LogP contribution in [0.25, 0.3) is 0 Å². The summed E-state index contributed by atoms with van der Waals surface area (Å²) >= 11 is 0. The molecule has 0 spiro atoms. The zero-order valence-electron chi connectivity index (χ0n) is 11.2. The normalized spacial score (nSPS) is 22.4. The summed E-state index contributed by atoms with van der Waals surface area (Å²) in [5, 5.41) is 12.5. The van der Waals surface area contributed by atoms with E-state index in [4.69, 9.17) is 9.47 Å². The summed E-state index contributed by atoms with van der Waals surface area (Å²) in [5.74, 6) is -0.318. The lowest BCUT2D eigenvalue weighted by Crippen LogP contribution is -2.45. The van der Waals surface area contributed by atoms with Gasteiger partial charge in [0.05, 0.1) is 12.2 Å². The van der Waals surface area contributed by atoms with E-state index in [1.165, 1.54) is 6.07 Å². The van der Waals surface area contributed by atoms with E-state index >= 15 is 0 Å². The molecule has 5 nitrogen and oxygen atoms in total. The molecule has 1 aliphatic rings. The zero-order valence-corrected chi connectivity index (χ0v) is 11.2. The Balaban J connectivity index is 2.03. The number of benzene rings is 1. The highest BCUT2D eigenvalue weighted by molar-refractivity contribution is 5.97. The summed E-state index contributed by atoms with van der Waals surface area (Å²) in [5.41, 5.74) is 0.758. The Morgan fingerprint density at radius 3 is 3.00 bits per heavy atom. The molecule has 0 aromatic heterocycles. The van der Waals surface area contributed by atoms with Gasteiger partial charge in [-0.3, -0.25) is 4.79 Å². The number of aromatic hydroxyl groups is 1. The number of carbonyl (C=O) groups is 1. The van der Waals surface area contributed by atoms with Crippen molar-refractivity contribution in [3.63, 3.8) is 0 Å². The van der Waals surface area contributed by atoms with Gasteiger partial charge in [0.25, 0.3) is 5.91 Å². The summed E-state index contributed by atoms with van der Waals surface area (Å²) in [4.78, 5) is 12.1. The first kappa shape index (κ1) is 13.8. The molecule has 1 atom stereocenters. The maximum absolute atomic E-state index is 12.1. The number of phenolic OH excluding ortho intramolecular Hbond substituents is 1.